The minimum atomic E-state index is -3.59. The first kappa shape index (κ1) is 23.3. The number of hydrogen-bond acceptors (Lipinski definition) is 7. The van der Waals surface area contributed by atoms with Gasteiger partial charge in [-0.3, -0.25) is 9.29 Å². The molecule has 2 aromatic carbocycles. The molecule has 6 nitrogen and oxygen atoms in total. The number of piperidine rings is 1. The van der Waals surface area contributed by atoms with Crippen molar-refractivity contribution in [2.24, 2.45) is 5.92 Å². The molecular formula is C24H25F2N3O3S2. The second kappa shape index (κ2) is 9.67. The lowest BCUT2D eigenvalue weighted by Gasteiger charge is -2.45. The molecule has 180 valence electrons. The maximum atomic E-state index is 13.6. The van der Waals surface area contributed by atoms with Crippen LogP contribution in [0.4, 0.5) is 8.78 Å². The van der Waals surface area contributed by atoms with Crippen molar-refractivity contribution in [3.63, 3.8) is 0 Å². The lowest BCUT2D eigenvalue weighted by molar-refractivity contribution is 0.0394. The molecule has 0 N–H and O–H groups in total. The van der Waals surface area contributed by atoms with E-state index in [0.29, 0.717) is 30.3 Å². The summed E-state index contributed by atoms with van der Waals surface area (Å²) in [5.74, 6) is 0.0221. The molecule has 0 bridgehead atoms. The summed E-state index contributed by atoms with van der Waals surface area (Å²) in [4.78, 5) is 6.52. The molecule has 2 aliphatic heterocycles. The second-order valence-electron chi connectivity index (χ2n) is 8.80. The van der Waals surface area contributed by atoms with Gasteiger partial charge in [-0.15, -0.1) is 0 Å². The van der Waals surface area contributed by atoms with Crippen molar-refractivity contribution >= 4 is 21.4 Å². The highest BCUT2D eigenvalue weighted by atomic mass is 32.2. The van der Waals surface area contributed by atoms with Crippen molar-refractivity contribution in [1.29, 1.82) is 0 Å². The number of benzene rings is 2. The summed E-state index contributed by atoms with van der Waals surface area (Å²) in [6, 6.07) is 11.4. The van der Waals surface area contributed by atoms with Gasteiger partial charge in [0.15, 0.2) is 9.84 Å². The van der Waals surface area contributed by atoms with Crippen LogP contribution in [0.25, 0.3) is 0 Å². The summed E-state index contributed by atoms with van der Waals surface area (Å²) in [6.45, 7) is 0.792. The molecule has 3 heterocycles. The van der Waals surface area contributed by atoms with Crippen LogP contribution >= 0.6 is 11.5 Å². The van der Waals surface area contributed by atoms with E-state index < -0.39 is 9.84 Å². The minimum absolute atomic E-state index is 0.000666. The quantitative estimate of drug-likeness (QED) is 0.475. The van der Waals surface area contributed by atoms with Crippen LogP contribution in [0.3, 0.4) is 0 Å². The molecule has 3 atom stereocenters. The van der Waals surface area contributed by atoms with Crippen molar-refractivity contribution in [1.82, 2.24) is 14.3 Å². The van der Waals surface area contributed by atoms with Gasteiger partial charge < -0.3 is 4.74 Å². The summed E-state index contributed by atoms with van der Waals surface area (Å²) >= 11 is 1.07. The van der Waals surface area contributed by atoms with Crippen molar-refractivity contribution in [3.05, 3.63) is 70.7 Å². The maximum absolute atomic E-state index is 13.6. The van der Waals surface area contributed by atoms with E-state index in [9.17, 15) is 17.2 Å². The Hall–Kier alpha value is -2.43. The Kier molecular flexibility index (Phi) is 6.63. The molecule has 0 unspecified atom stereocenters. The monoisotopic (exact) mass is 505 g/mol. The molecule has 3 aromatic rings. The van der Waals surface area contributed by atoms with Crippen LogP contribution in [-0.4, -0.2) is 42.5 Å². The summed E-state index contributed by atoms with van der Waals surface area (Å²) in [5.41, 5.74) is 1.88. The molecule has 2 aliphatic rings. The molecule has 0 spiro atoms. The van der Waals surface area contributed by atoms with E-state index in [1.165, 1.54) is 18.5 Å². The largest absolute Gasteiger partial charge is 0.493 e. The van der Waals surface area contributed by atoms with E-state index in [1.807, 2.05) is 6.07 Å². The lowest BCUT2D eigenvalue weighted by atomic mass is 9.85. The average molecular weight is 506 g/mol. The number of halogens is 2. The zero-order chi connectivity index (χ0) is 23.7. The number of aromatic nitrogens is 2. The standard InChI is InChI=1S/C24H25F2N3O3S2/c25-13-16-7-9-29(22(11-16)17-1-3-18(26)4-2-17)21-8-10-32-23-12-19(5-6-20(21)23)34(30,31)14-24-27-15-28-33-24/h1-6,12,15-16,21-22H,7-11,13-14H2/t16-,21-,22-/m1/s1. The number of rotatable bonds is 6. The van der Waals surface area contributed by atoms with E-state index in [2.05, 4.69) is 14.3 Å². The third kappa shape index (κ3) is 4.71. The number of hydrogen-bond donors (Lipinski definition) is 0. The first-order valence-corrected chi connectivity index (χ1v) is 13.7. The molecule has 10 heteroatoms. The Morgan fingerprint density at radius 3 is 2.68 bits per heavy atom. The first-order valence-electron chi connectivity index (χ1n) is 11.3. The van der Waals surface area contributed by atoms with Crippen molar-refractivity contribution in [2.75, 3.05) is 19.8 Å². The van der Waals surface area contributed by atoms with Gasteiger partial charge in [-0.2, -0.15) is 4.37 Å². The van der Waals surface area contributed by atoms with E-state index in [-0.39, 0.29) is 41.1 Å². The van der Waals surface area contributed by atoms with E-state index >= 15 is 0 Å². The minimum Gasteiger partial charge on any atom is -0.493 e. The predicted octanol–water partition coefficient (Wildman–Crippen LogP) is 4.90. The summed E-state index contributed by atoms with van der Waals surface area (Å²) in [5, 5.41) is 0.439. The summed E-state index contributed by atoms with van der Waals surface area (Å²) in [6.07, 6.45) is 3.49. The fraction of sp³-hybridized carbons (Fsp3) is 0.417. The molecule has 1 aromatic heterocycles. The second-order valence-corrected chi connectivity index (χ2v) is 11.7. The predicted molar refractivity (Wildman–Crippen MR) is 125 cm³/mol. The summed E-state index contributed by atoms with van der Waals surface area (Å²) in [7, 11) is -3.59. The van der Waals surface area contributed by atoms with Crippen molar-refractivity contribution < 1.29 is 21.9 Å². The van der Waals surface area contributed by atoms with Crippen molar-refractivity contribution in [2.45, 2.75) is 42.0 Å². The maximum Gasteiger partial charge on any atom is 0.185 e. The summed E-state index contributed by atoms with van der Waals surface area (Å²) < 4.78 is 62.7. The number of ether oxygens (including phenoxy) is 1. The van der Waals surface area contributed by atoms with Gasteiger partial charge in [0.2, 0.25) is 0 Å². The van der Waals surface area contributed by atoms with Crippen LogP contribution in [0.5, 0.6) is 5.75 Å². The van der Waals surface area contributed by atoms with Gasteiger partial charge in [0, 0.05) is 24.1 Å². The Morgan fingerprint density at radius 1 is 1.12 bits per heavy atom. The zero-order valence-electron chi connectivity index (χ0n) is 18.4. The molecule has 34 heavy (non-hydrogen) atoms. The highest BCUT2D eigenvalue weighted by Crippen LogP contribution is 2.45. The van der Waals surface area contributed by atoms with Gasteiger partial charge in [-0.05, 0) is 66.7 Å². The Bertz CT molecular complexity index is 1240. The van der Waals surface area contributed by atoms with E-state index in [4.69, 9.17) is 4.74 Å². The molecule has 1 fully saturated rings. The van der Waals surface area contributed by atoms with Gasteiger partial charge in [0.25, 0.3) is 0 Å². The van der Waals surface area contributed by atoms with E-state index in [1.54, 1.807) is 24.3 Å². The van der Waals surface area contributed by atoms with Crippen LogP contribution in [0.1, 0.15) is 47.5 Å². The molecule has 0 radical (unpaired) electrons. The van der Waals surface area contributed by atoms with E-state index in [0.717, 1.165) is 35.5 Å². The van der Waals surface area contributed by atoms with Gasteiger partial charge in [0.05, 0.1) is 18.2 Å². The molecule has 0 amide bonds. The number of alkyl halides is 1. The molecule has 5 rings (SSSR count). The zero-order valence-corrected chi connectivity index (χ0v) is 20.1. The fourth-order valence-corrected chi connectivity index (χ4v) is 7.09. The van der Waals surface area contributed by atoms with Gasteiger partial charge in [-0.25, -0.2) is 17.8 Å². The first-order chi connectivity index (χ1) is 16.4. The molecule has 0 aliphatic carbocycles. The average Bonchev–Trinajstić information content (AvgIpc) is 3.36. The van der Waals surface area contributed by atoms with Crippen molar-refractivity contribution in [3.8, 4) is 5.75 Å². The molecule has 0 saturated carbocycles. The molecular weight excluding hydrogens is 480 g/mol. The Labute approximate surface area is 201 Å². The number of sulfone groups is 1. The van der Waals surface area contributed by atoms with Crippen LogP contribution in [0.2, 0.25) is 0 Å². The highest BCUT2D eigenvalue weighted by Gasteiger charge is 2.37. The van der Waals surface area contributed by atoms with Gasteiger partial charge in [0.1, 0.15) is 28.7 Å². The van der Waals surface area contributed by atoms with Crippen LogP contribution in [0.15, 0.2) is 53.7 Å². The van der Waals surface area contributed by atoms with Crippen LogP contribution < -0.4 is 4.74 Å². The smallest absolute Gasteiger partial charge is 0.185 e. The third-order valence-electron chi connectivity index (χ3n) is 6.70. The van der Waals surface area contributed by atoms with Crippen LogP contribution in [-0.2, 0) is 15.6 Å². The number of fused-ring (bicyclic) bond motifs is 1. The number of likely N-dealkylation sites (tertiary alicyclic amines) is 1. The van der Waals surface area contributed by atoms with Gasteiger partial charge >= 0.3 is 0 Å². The highest BCUT2D eigenvalue weighted by molar-refractivity contribution is 7.90. The number of nitrogens with zero attached hydrogens (tertiary/aromatic N) is 3. The topological polar surface area (TPSA) is 72.4 Å². The fourth-order valence-electron chi connectivity index (χ4n) is 4.98. The normalized spacial score (nSPS) is 23.3. The Morgan fingerprint density at radius 2 is 1.94 bits per heavy atom. The van der Waals surface area contributed by atoms with Gasteiger partial charge in [-0.1, -0.05) is 18.2 Å². The Balaban J connectivity index is 1.45. The lowest BCUT2D eigenvalue weighted by Crippen LogP contribution is -2.41. The SMILES string of the molecule is O=S(=O)(Cc1ncns1)c1ccc2c(c1)OCC[C@H]2N1CC[C@@H](CF)C[C@@H]1c1ccc(F)cc1. The third-order valence-corrected chi connectivity index (χ3v) is 9.17. The van der Waals surface area contributed by atoms with Crippen LogP contribution in [0, 0.1) is 11.7 Å². The molecule has 1 saturated heterocycles.